The monoisotopic (exact) mass is 313 g/mol. The molecule has 0 saturated carbocycles. The van der Waals surface area contributed by atoms with Crippen LogP contribution in [0.3, 0.4) is 0 Å². The van der Waals surface area contributed by atoms with Gasteiger partial charge in [0, 0.05) is 24.2 Å². The first-order valence-electron chi connectivity index (χ1n) is 7.95. The molecule has 1 aromatic carbocycles. The van der Waals surface area contributed by atoms with Gasteiger partial charge in [-0.1, -0.05) is 18.2 Å². The van der Waals surface area contributed by atoms with E-state index in [-0.39, 0.29) is 18.4 Å². The van der Waals surface area contributed by atoms with Crippen molar-refractivity contribution in [3.05, 3.63) is 36.0 Å². The van der Waals surface area contributed by atoms with Gasteiger partial charge < -0.3 is 19.9 Å². The number of amides is 2. The summed E-state index contributed by atoms with van der Waals surface area (Å²) in [5.74, 6) is -0.0976. The van der Waals surface area contributed by atoms with Crippen LogP contribution in [0.25, 0.3) is 10.9 Å². The van der Waals surface area contributed by atoms with Gasteiger partial charge in [-0.15, -0.1) is 0 Å². The Hall–Kier alpha value is -2.34. The molecule has 120 valence electrons. The first-order chi connectivity index (χ1) is 11.1. The molecule has 0 spiro atoms. The summed E-state index contributed by atoms with van der Waals surface area (Å²) >= 11 is 0. The van der Waals surface area contributed by atoms with Crippen molar-refractivity contribution in [1.82, 2.24) is 14.8 Å². The number of piperazine rings is 1. The molecule has 0 radical (unpaired) electrons. The molecule has 23 heavy (non-hydrogen) atoms. The van der Waals surface area contributed by atoms with Crippen molar-refractivity contribution in [1.29, 1.82) is 0 Å². The molecule has 6 heteroatoms. The number of carbonyl (C=O) groups excluding carboxylic acids is 2. The number of benzene rings is 1. The lowest BCUT2D eigenvalue weighted by Crippen LogP contribution is -2.62. The zero-order chi connectivity index (χ0) is 16.0. The number of hydrogen-bond donors (Lipinski definition) is 2. The fourth-order valence-corrected chi connectivity index (χ4v) is 3.58. The van der Waals surface area contributed by atoms with E-state index in [1.54, 1.807) is 9.80 Å². The van der Waals surface area contributed by atoms with Gasteiger partial charge in [0.15, 0.2) is 0 Å². The Morgan fingerprint density at radius 3 is 2.91 bits per heavy atom. The van der Waals surface area contributed by atoms with Crippen LogP contribution < -0.4 is 0 Å². The molecule has 1 aromatic heterocycles. The minimum absolute atomic E-state index is 0.0300. The molecule has 2 saturated heterocycles. The van der Waals surface area contributed by atoms with Gasteiger partial charge in [-0.2, -0.15) is 0 Å². The molecule has 4 rings (SSSR count). The Kier molecular flexibility index (Phi) is 3.34. The fourth-order valence-electron chi connectivity index (χ4n) is 3.58. The number of H-pyrrole nitrogens is 1. The van der Waals surface area contributed by atoms with Crippen LogP contribution in [-0.4, -0.2) is 56.9 Å². The molecular formula is C17H19N3O3. The highest BCUT2D eigenvalue weighted by Gasteiger charge is 2.42. The number of nitrogens with zero attached hydrogens (tertiary/aromatic N) is 2. The van der Waals surface area contributed by atoms with Crippen molar-refractivity contribution < 1.29 is 14.7 Å². The number of hydrogen-bond acceptors (Lipinski definition) is 3. The van der Waals surface area contributed by atoms with Crippen LogP contribution in [0.1, 0.15) is 18.5 Å². The van der Waals surface area contributed by atoms with Crippen molar-refractivity contribution in [2.75, 3.05) is 13.1 Å². The molecule has 2 aliphatic heterocycles. The Bertz CT molecular complexity index is 736. The van der Waals surface area contributed by atoms with Gasteiger partial charge in [0.05, 0.1) is 12.6 Å². The number of rotatable bonds is 2. The number of nitrogens with one attached hydrogen (secondary N) is 1. The summed E-state index contributed by atoms with van der Waals surface area (Å²) in [5, 5.41) is 10.9. The van der Waals surface area contributed by atoms with Gasteiger partial charge in [-0.3, -0.25) is 9.59 Å². The van der Waals surface area contributed by atoms with Gasteiger partial charge in [-0.25, -0.2) is 0 Å². The number of para-hydroxylation sites is 1. The zero-order valence-corrected chi connectivity index (χ0v) is 12.7. The smallest absolute Gasteiger partial charge is 0.246 e. The van der Waals surface area contributed by atoms with E-state index in [0.29, 0.717) is 25.9 Å². The molecule has 2 aliphatic rings. The van der Waals surface area contributed by atoms with Crippen molar-refractivity contribution in [2.45, 2.75) is 31.5 Å². The summed E-state index contributed by atoms with van der Waals surface area (Å²) in [6.07, 6.45) is 0.395. The second-order valence-electron chi connectivity index (χ2n) is 6.36. The summed E-state index contributed by atoms with van der Waals surface area (Å²) in [6.45, 7) is 0.969. The number of aromatic amines is 1. The Labute approximate surface area is 133 Å². The van der Waals surface area contributed by atoms with Gasteiger partial charge in [0.2, 0.25) is 11.8 Å². The minimum atomic E-state index is -0.510. The number of aliphatic hydroxyl groups is 1. The zero-order valence-electron chi connectivity index (χ0n) is 12.7. The predicted octanol–water partition coefficient (Wildman–Crippen LogP) is 0.862. The maximum atomic E-state index is 12.7. The number of aromatic nitrogens is 1. The lowest BCUT2D eigenvalue weighted by atomic mass is 9.96. The van der Waals surface area contributed by atoms with Crippen molar-refractivity contribution in [2.24, 2.45) is 0 Å². The Morgan fingerprint density at radius 2 is 2.09 bits per heavy atom. The predicted molar refractivity (Wildman–Crippen MR) is 84.5 cm³/mol. The number of piperidine rings is 1. The molecule has 2 fully saturated rings. The van der Waals surface area contributed by atoms with E-state index in [2.05, 4.69) is 4.98 Å². The molecule has 2 atom stereocenters. The van der Waals surface area contributed by atoms with Crippen LogP contribution >= 0.6 is 0 Å². The molecule has 0 aliphatic carbocycles. The summed E-state index contributed by atoms with van der Waals surface area (Å²) in [5.41, 5.74) is 1.94. The van der Waals surface area contributed by atoms with Gasteiger partial charge in [0.1, 0.15) is 12.6 Å². The normalized spacial score (nSPS) is 25.1. The maximum absolute atomic E-state index is 12.7. The van der Waals surface area contributed by atoms with Crippen LogP contribution in [0.5, 0.6) is 0 Å². The third-order valence-corrected chi connectivity index (χ3v) is 4.76. The molecule has 6 nitrogen and oxygen atoms in total. The van der Waals surface area contributed by atoms with Crippen molar-refractivity contribution in [3.63, 3.8) is 0 Å². The average molecular weight is 313 g/mol. The van der Waals surface area contributed by atoms with Crippen LogP contribution in [-0.2, 0) is 16.1 Å². The highest BCUT2D eigenvalue weighted by Crippen LogP contribution is 2.25. The summed E-state index contributed by atoms with van der Waals surface area (Å²) < 4.78 is 0. The van der Waals surface area contributed by atoms with E-state index < -0.39 is 12.1 Å². The minimum Gasteiger partial charge on any atom is -0.393 e. The van der Waals surface area contributed by atoms with E-state index >= 15 is 0 Å². The molecule has 0 bridgehead atoms. The van der Waals surface area contributed by atoms with Gasteiger partial charge in [-0.05, 0) is 23.9 Å². The summed E-state index contributed by atoms with van der Waals surface area (Å²) in [7, 11) is 0. The lowest BCUT2D eigenvalue weighted by Gasteiger charge is -2.43. The Balaban J connectivity index is 1.56. The average Bonchev–Trinajstić information content (AvgIpc) is 2.94. The topological polar surface area (TPSA) is 76.6 Å². The van der Waals surface area contributed by atoms with E-state index in [0.717, 1.165) is 16.6 Å². The molecule has 2 N–H and O–H groups in total. The second-order valence-corrected chi connectivity index (χ2v) is 6.36. The number of aliphatic hydroxyl groups excluding tert-OH is 1. The highest BCUT2D eigenvalue weighted by molar-refractivity contribution is 5.95. The van der Waals surface area contributed by atoms with Gasteiger partial charge in [0.25, 0.3) is 0 Å². The van der Waals surface area contributed by atoms with Crippen LogP contribution in [0.2, 0.25) is 0 Å². The van der Waals surface area contributed by atoms with Crippen LogP contribution in [0.4, 0.5) is 0 Å². The SMILES string of the molecule is O=C1[C@H]2C[C@@H](O)CCN2C(=O)CN1Cc1cc2ccccc2[nH]1. The van der Waals surface area contributed by atoms with Gasteiger partial charge >= 0.3 is 0 Å². The van der Waals surface area contributed by atoms with Crippen molar-refractivity contribution in [3.8, 4) is 0 Å². The molecule has 2 aromatic rings. The third-order valence-electron chi connectivity index (χ3n) is 4.76. The van der Waals surface area contributed by atoms with E-state index in [9.17, 15) is 14.7 Å². The maximum Gasteiger partial charge on any atom is 0.246 e. The Morgan fingerprint density at radius 1 is 1.26 bits per heavy atom. The fraction of sp³-hybridized carbons (Fsp3) is 0.412. The largest absolute Gasteiger partial charge is 0.393 e. The first-order valence-corrected chi connectivity index (χ1v) is 7.95. The lowest BCUT2D eigenvalue weighted by molar-refractivity contribution is -0.160. The molecule has 0 unspecified atom stereocenters. The first kappa shape index (κ1) is 14.3. The van der Waals surface area contributed by atoms with Crippen molar-refractivity contribution >= 4 is 22.7 Å². The second kappa shape index (κ2) is 5.38. The third kappa shape index (κ3) is 2.49. The summed E-state index contributed by atoms with van der Waals surface area (Å²) in [4.78, 5) is 31.5. The molecule has 2 amide bonds. The quantitative estimate of drug-likeness (QED) is 0.863. The van der Waals surface area contributed by atoms with E-state index in [1.807, 2.05) is 30.3 Å². The van der Waals surface area contributed by atoms with Crippen LogP contribution in [0.15, 0.2) is 30.3 Å². The van der Waals surface area contributed by atoms with Crippen LogP contribution in [0, 0.1) is 0 Å². The molecule has 3 heterocycles. The van der Waals surface area contributed by atoms with E-state index in [4.69, 9.17) is 0 Å². The molecular weight excluding hydrogens is 294 g/mol. The highest BCUT2D eigenvalue weighted by atomic mass is 16.3. The number of fused-ring (bicyclic) bond motifs is 2. The van der Waals surface area contributed by atoms with E-state index in [1.165, 1.54) is 0 Å². The number of carbonyl (C=O) groups is 2. The standard InChI is InChI=1S/C17H19N3O3/c21-13-5-6-20-15(8-13)17(23)19(10-16(20)22)9-12-7-11-3-1-2-4-14(11)18-12/h1-4,7,13,15,18,21H,5-6,8-10H2/t13-,15+/m0/s1. The summed E-state index contributed by atoms with van der Waals surface area (Å²) in [6, 6.07) is 9.43.